The number of aliphatic hydroxyl groups excluding tert-OH is 1. The summed E-state index contributed by atoms with van der Waals surface area (Å²) >= 11 is 0. The first-order valence-corrected chi connectivity index (χ1v) is 19.4. The largest absolute Gasteiger partial charge is 0.400 e. The van der Waals surface area contributed by atoms with Gasteiger partial charge in [0.25, 0.3) is 0 Å². The van der Waals surface area contributed by atoms with Crippen LogP contribution in [0.25, 0.3) is 0 Å². The maximum Gasteiger partial charge on any atom is 0.206 e. The van der Waals surface area contributed by atoms with Gasteiger partial charge in [-0.05, 0) is 48.5 Å². The first-order valence-electron chi connectivity index (χ1n) is 16.4. The van der Waals surface area contributed by atoms with Crippen molar-refractivity contribution in [3.05, 3.63) is 121 Å². The molecule has 0 spiro atoms. The summed E-state index contributed by atoms with van der Waals surface area (Å²) in [5.74, 6) is 0. The Balaban J connectivity index is -0.000000123. The van der Waals surface area contributed by atoms with Gasteiger partial charge in [-0.3, -0.25) is 0 Å². The van der Waals surface area contributed by atoms with Gasteiger partial charge in [-0.2, -0.15) is 0 Å². The predicted octanol–water partition coefficient (Wildman–Crippen LogP) is 11.1. The Labute approximate surface area is 290 Å². The number of methoxy groups -OCH3 is 1. The van der Waals surface area contributed by atoms with Crippen molar-refractivity contribution in [2.75, 3.05) is 21.3 Å². The Hall–Kier alpha value is -3.30. The normalized spacial score (nSPS) is 8.43. The lowest BCUT2D eigenvalue weighted by Gasteiger charge is -2.03. The second kappa shape index (κ2) is 42.7. The number of rotatable bonds is 4. The smallest absolute Gasteiger partial charge is 0.206 e. The average molecular weight is 695 g/mol. The fourth-order valence-electron chi connectivity index (χ4n) is 2.67. The number of ether oxygens (including phenoxy) is 1. The molecule has 0 aliphatic rings. The molecule has 0 fully saturated rings. The first kappa shape index (κ1) is 56.1. The summed E-state index contributed by atoms with van der Waals surface area (Å²) < 4.78 is 52.4. The highest BCUT2D eigenvalue weighted by atomic mass is 32.2. The van der Waals surface area contributed by atoms with Crippen LogP contribution in [0.3, 0.4) is 0 Å². The van der Waals surface area contributed by atoms with Crippen LogP contribution in [-0.2, 0) is 24.4 Å². The van der Waals surface area contributed by atoms with Gasteiger partial charge in [-0.25, -0.2) is 16.8 Å². The Morgan fingerprint density at radius 1 is 0.340 bits per heavy atom. The van der Waals surface area contributed by atoms with Crippen LogP contribution >= 0.6 is 0 Å². The maximum atomic E-state index is 12.0. The Morgan fingerprint density at radius 3 is 0.553 bits per heavy atom. The van der Waals surface area contributed by atoms with Crippen LogP contribution in [-0.4, -0.2) is 43.3 Å². The van der Waals surface area contributed by atoms with Gasteiger partial charge < -0.3 is 9.84 Å². The molecule has 0 unspecified atom stereocenters. The van der Waals surface area contributed by atoms with E-state index >= 15 is 0 Å². The van der Waals surface area contributed by atoms with E-state index in [2.05, 4.69) is 4.74 Å². The zero-order valence-corrected chi connectivity index (χ0v) is 33.5. The lowest BCUT2D eigenvalue weighted by molar-refractivity contribution is 0.277. The molecular formula is C39H66O6S2. The summed E-state index contributed by atoms with van der Waals surface area (Å²) in [6.45, 7) is 24.0. The van der Waals surface area contributed by atoms with Crippen molar-refractivity contribution in [3.63, 3.8) is 0 Å². The SMILES string of the molecule is CC.CC.CC.CC.CC.CC.CO.COC.O=S(=O)(c1ccccc1)c1ccccc1.O=S(=O)(c1ccccc1)c1ccccc1. The number of sulfone groups is 2. The lowest BCUT2D eigenvalue weighted by Crippen LogP contribution is -2.00. The second-order valence-electron chi connectivity index (χ2n) is 6.67. The van der Waals surface area contributed by atoms with E-state index in [-0.39, 0.29) is 0 Å². The number of hydrogen-bond donors (Lipinski definition) is 1. The van der Waals surface area contributed by atoms with Crippen molar-refractivity contribution in [2.45, 2.75) is 103 Å². The summed E-state index contributed by atoms with van der Waals surface area (Å²) in [6.07, 6.45) is 0. The van der Waals surface area contributed by atoms with Crippen molar-refractivity contribution < 1.29 is 26.7 Å². The molecule has 4 aromatic rings. The van der Waals surface area contributed by atoms with E-state index in [9.17, 15) is 16.8 Å². The third-order valence-corrected chi connectivity index (χ3v) is 7.79. The maximum absolute atomic E-state index is 12.0. The number of aliphatic hydroxyl groups is 1. The number of benzene rings is 4. The number of hydrogen-bond acceptors (Lipinski definition) is 6. The summed E-state index contributed by atoms with van der Waals surface area (Å²) in [6, 6.07) is 33.7. The van der Waals surface area contributed by atoms with Crippen molar-refractivity contribution >= 4 is 19.7 Å². The molecule has 1 N–H and O–H groups in total. The molecule has 8 heteroatoms. The molecule has 0 bridgehead atoms. The van der Waals surface area contributed by atoms with Crippen LogP contribution < -0.4 is 0 Å². The third-order valence-electron chi connectivity index (χ3n) is 4.21. The van der Waals surface area contributed by atoms with E-state index in [1.165, 1.54) is 0 Å². The Bertz CT molecular complexity index is 1100. The van der Waals surface area contributed by atoms with E-state index in [0.717, 1.165) is 7.11 Å². The van der Waals surface area contributed by atoms with E-state index in [0.29, 0.717) is 19.6 Å². The van der Waals surface area contributed by atoms with Gasteiger partial charge in [-0.1, -0.05) is 156 Å². The molecule has 4 aromatic carbocycles. The van der Waals surface area contributed by atoms with Crippen molar-refractivity contribution in [3.8, 4) is 0 Å². The Morgan fingerprint density at radius 2 is 0.447 bits per heavy atom. The highest BCUT2D eigenvalue weighted by Crippen LogP contribution is 2.20. The molecule has 4 rings (SSSR count). The van der Waals surface area contributed by atoms with Gasteiger partial charge in [0.2, 0.25) is 19.7 Å². The van der Waals surface area contributed by atoms with Crippen LogP contribution in [0.5, 0.6) is 0 Å². The Kier molecular flexibility index (Phi) is 50.9. The minimum absolute atomic E-state index is 0.330. The predicted molar refractivity (Wildman–Crippen MR) is 206 cm³/mol. The highest BCUT2D eigenvalue weighted by Gasteiger charge is 2.16. The van der Waals surface area contributed by atoms with Crippen molar-refractivity contribution in [1.82, 2.24) is 0 Å². The summed E-state index contributed by atoms with van der Waals surface area (Å²) in [4.78, 5) is 1.32. The van der Waals surface area contributed by atoms with Crippen LogP contribution in [0, 0.1) is 0 Å². The molecule has 0 heterocycles. The molecule has 0 amide bonds. The van der Waals surface area contributed by atoms with Gasteiger partial charge in [0, 0.05) is 21.3 Å². The van der Waals surface area contributed by atoms with E-state index < -0.39 is 19.7 Å². The minimum atomic E-state index is -3.34. The monoisotopic (exact) mass is 694 g/mol. The zero-order chi connectivity index (χ0) is 38.2. The topological polar surface area (TPSA) is 97.7 Å². The zero-order valence-electron chi connectivity index (χ0n) is 31.9. The highest BCUT2D eigenvalue weighted by molar-refractivity contribution is 7.91. The standard InChI is InChI=1S/2C12H10O2S.C2H6O.6C2H6.CH4O/c2*13-15(14,11-7-3-1-4-8-11)12-9-5-2-6-10-12;1-3-2;7*1-2/h2*1-10H;1-2H3;6*1-2H3;2H,1H3. The van der Waals surface area contributed by atoms with Crippen LogP contribution in [0.1, 0.15) is 83.1 Å². The third kappa shape index (κ3) is 25.5. The van der Waals surface area contributed by atoms with Crippen LogP contribution in [0.4, 0.5) is 0 Å². The fourth-order valence-corrected chi connectivity index (χ4v) is 5.28. The van der Waals surface area contributed by atoms with Gasteiger partial charge in [0.1, 0.15) is 0 Å². The molecular weight excluding hydrogens is 629 g/mol. The molecule has 6 nitrogen and oxygen atoms in total. The van der Waals surface area contributed by atoms with Crippen molar-refractivity contribution in [1.29, 1.82) is 0 Å². The quantitative estimate of drug-likeness (QED) is 0.228. The molecule has 47 heavy (non-hydrogen) atoms. The molecule has 270 valence electrons. The van der Waals surface area contributed by atoms with E-state index in [4.69, 9.17) is 5.11 Å². The van der Waals surface area contributed by atoms with Gasteiger partial charge in [-0.15, -0.1) is 0 Å². The minimum Gasteiger partial charge on any atom is -0.400 e. The van der Waals surface area contributed by atoms with Crippen LogP contribution in [0.15, 0.2) is 141 Å². The second-order valence-corrected chi connectivity index (χ2v) is 10.6. The molecule has 0 aromatic heterocycles. The molecule has 0 aliphatic heterocycles. The molecule has 0 aliphatic carbocycles. The van der Waals surface area contributed by atoms with E-state index in [1.807, 2.05) is 83.1 Å². The van der Waals surface area contributed by atoms with Gasteiger partial charge >= 0.3 is 0 Å². The molecule has 0 saturated carbocycles. The summed E-state index contributed by atoms with van der Waals surface area (Å²) in [5, 5.41) is 7.00. The summed E-state index contributed by atoms with van der Waals surface area (Å²) in [7, 11) is -2.43. The van der Waals surface area contributed by atoms with Gasteiger partial charge in [0.05, 0.1) is 19.6 Å². The summed E-state index contributed by atoms with van der Waals surface area (Å²) in [5.41, 5.74) is 0. The van der Waals surface area contributed by atoms with Crippen molar-refractivity contribution in [2.24, 2.45) is 0 Å². The lowest BCUT2D eigenvalue weighted by atomic mass is 10.4. The molecule has 0 radical (unpaired) electrons. The van der Waals surface area contributed by atoms with Gasteiger partial charge in [0.15, 0.2) is 0 Å². The molecule has 0 atom stereocenters. The van der Waals surface area contributed by atoms with Crippen LogP contribution in [0.2, 0.25) is 0 Å². The first-order chi connectivity index (χ1) is 22.8. The molecule has 0 saturated heterocycles. The fraction of sp³-hybridized carbons (Fsp3) is 0.385. The average Bonchev–Trinajstić information content (AvgIpc) is 3.19. The van der Waals surface area contributed by atoms with E-state index in [1.54, 1.807) is 136 Å².